The second-order valence-electron chi connectivity index (χ2n) is 6.57. The van der Waals surface area contributed by atoms with Crippen LogP contribution in [-0.4, -0.2) is 56.9 Å². The predicted molar refractivity (Wildman–Crippen MR) is 99.5 cm³/mol. The molecular formula is C18H19F3N4O2S. The number of nitrogens with zero attached hydrogens (tertiary/aromatic N) is 4. The maximum atomic E-state index is 10.6. The normalized spacial score (nSPS) is 17.9. The summed E-state index contributed by atoms with van der Waals surface area (Å²) in [7, 11) is 2.18. The number of alkyl halides is 3. The number of thiophene rings is 1. The maximum Gasteiger partial charge on any atom is 0.490 e. The number of piperidine rings is 1. The number of hydrogen-bond acceptors (Lipinski definition) is 5. The lowest BCUT2D eigenvalue weighted by Gasteiger charge is -2.27. The monoisotopic (exact) mass is 412 g/mol. The van der Waals surface area contributed by atoms with Gasteiger partial charge in [-0.15, -0.1) is 11.3 Å². The van der Waals surface area contributed by atoms with Crippen LogP contribution in [0, 0.1) is 0 Å². The van der Waals surface area contributed by atoms with Crippen LogP contribution in [0.2, 0.25) is 0 Å². The molecule has 3 aromatic rings. The molecular weight excluding hydrogens is 393 g/mol. The fourth-order valence-electron chi connectivity index (χ4n) is 3.04. The number of halogens is 3. The summed E-state index contributed by atoms with van der Waals surface area (Å²) in [6.45, 7) is 2.25. The second-order valence-corrected chi connectivity index (χ2v) is 7.52. The van der Waals surface area contributed by atoms with Gasteiger partial charge in [0.25, 0.3) is 0 Å². The standard InChI is InChI=1S/C16H18N4S.C2HF3O2/c1-19-8-2-4-13(10-19)16-17-15-7-6-12(11-20(15)18-16)14-5-3-9-21-14;3-2(4,5)1(6)7/h3,5-7,9,11,13H,2,4,8,10H2,1H3;(H,6,7). The molecule has 10 heteroatoms. The SMILES string of the molecule is CN1CCCC(c2nc3ccc(-c4cccs4)cn3n2)C1.O=C(O)C(F)(F)F. The first-order valence-corrected chi connectivity index (χ1v) is 9.51. The number of carbonyl (C=O) groups is 1. The molecule has 1 atom stereocenters. The van der Waals surface area contributed by atoms with Crippen LogP contribution in [0.1, 0.15) is 24.6 Å². The first-order valence-electron chi connectivity index (χ1n) is 8.63. The Kier molecular flexibility index (Phi) is 5.99. The molecule has 0 amide bonds. The lowest BCUT2D eigenvalue weighted by atomic mass is 9.98. The van der Waals surface area contributed by atoms with Crippen molar-refractivity contribution in [3.05, 3.63) is 41.7 Å². The third kappa shape index (κ3) is 4.87. The Labute approximate surface area is 163 Å². The minimum Gasteiger partial charge on any atom is -0.475 e. The molecule has 0 spiro atoms. The van der Waals surface area contributed by atoms with Crippen molar-refractivity contribution in [3.8, 4) is 10.4 Å². The molecule has 3 aromatic heterocycles. The van der Waals surface area contributed by atoms with E-state index in [1.54, 1.807) is 11.3 Å². The van der Waals surface area contributed by atoms with Gasteiger partial charge in [-0.2, -0.15) is 18.3 Å². The summed E-state index contributed by atoms with van der Waals surface area (Å²) in [6, 6.07) is 8.42. The molecule has 0 aliphatic carbocycles. The number of carboxylic acids is 1. The highest BCUT2D eigenvalue weighted by molar-refractivity contribution is 7.13. The minimum absolute atomic E-state index is 0.467. The van der Waals surface area contributed by atoms with Crippen molar-refractivity contribution in [1.29, 1.82) is 0 Å². The van der Waals surface area contributed by atoms with Crippen molar-refractivity contribution in [2.24, 2.45) is 0 Å². The molecule has 4 rings (SSSR count). The van der Waals surface area contributed by atoms with Gasteiger partial charge in [-0.05, 0) is 50.0 Å². The van der Waals surface area contributed by atoms with Crippen LogP contribution in [0.4, 0.5) is 13.2 Å². The Morgan fingerprint density at radius 2 is 2.07 bits per heavy atom. The molecule has 1 N–H and O–H groups in total. The van der Waals surface area contributed by atoms with E-state index in [0.29, 0.717) is 5.92 Å². The topological polar surface area (TPSA) is 70.7 Å². The summed E-state index contributed by atoms with van der Waals surface area (Å²) in [4.78, 5) is 17.3. The first-order chi connectivity index (χ1) is 13.2. The third-order valence-electron chi connectivity index (χ3n) is 4.39. The van der Waals surface area contributed by atoms with E-state index in [9.17, 15) is 13.2 Å². The van der Waals surface area contributed by atoms with Gasteiger partial charge >= 0.3 is 12.1 Å². The molecule has 6 nitrogen and oxygen atoms in total. The summed E-state index contributed by atoms with van der Waals surface area (Å²) < 4.78 is 33.7. The lowest BCUT2D eigenvalue weighted by molar-refractivity contribution is -0.192. The number of rotatable bonds is 2. The molecule has 1 unspecified atom stereocenters. The quantitative estimate of drug-likeness (QED) is 0.691. The number of likely N-dealkylation sites (N-methyl/N-ethyl adjacent to an activating group) is 1. The van der Waals surface area contributed by atoms with Crippen molar-refractivity contribution in [3.63, 3.8) is 0 Å². The van der Waals surface area contributed by atoms with Gasteiger partial charge in [-0.25, -0.2) is 14.3 Å². The largest absolute Gasteiger partial charge is 0.490 e. The number of hydrogen-bond donors (Lipinski definition) is 1. The molecule has 1 saturated heterocycles. The van der Waals surface area contributed by atoms with Gasteiger partial charge in [0.1, 0.15) is 0 Å². The van der Waals surface area contributed by atoms with E-state index in [2.05, 4.69) is 47.8 Å². The summed E-state index contributed by atoms with van der Waals surface area (Å²) in [5, 5.41) is 14.0. The first kappa shape index (κ1) is 20.3. The van der Waals surface area contributed by atoms with E-state index in [1.807, 2.05) is 4.52 Å². The van der Waals surface area contributed by atoms with Crippen LogP contribution >= 0.6 is 11.3 Å². The van der Waals surface area contributed by atoms with Crippen LogP contribution in [0.15, 0.2) is 35.8 Å². The number of aromatic nitrogens is 3. The molecule has 150 valence electrons. The van der Waals surface area contributed by atoms with E-state index in [4.69, 9.17) is 20.0 Å². The minimum atomic E-state index is -5.08. The van der Waals surface area contributed by atoms with Gasteiger partial charge in [-0.3, -0.25) is 0 Å². The lowest BCUT2D eigenvalue weighted by Crippen LogP contribution is -2.31. The molecule has 1 aliphatic heterocycles. The van der Waals surface area contributed by atoms with Gasteiger partial charge in [0, 0.05) is 29.1 Å². The van der Waals surface area contributed by atoms with Gasteiger partial charge < -0.3 is 10.0 Å². The van der Waals surface area contributed by atoms with Gasteiger partial charge in [0.05, 0.1) is 0 Å². The van der Waals surface area contributed by atoms with E-state index < -0.39 is 12.1 Å². The average molecular weight is 412 g/mol. The molecule has 1 fully saturated rings. The third-order valence-corrected chi connectivity index (χ3v) is 5.30. The molecule has 28 heavy (non-hydrogen) atoms. The Morgan fingerprint density at radius 1 is 1.32 bits per heavy atom. The zero-order valence-electron chi connectivity index (χ0n) is 15.1. The summed E-state index contributed by atoms with van der Waals surface area (Å²) in [5.41, 5.74) is 2.15. The Bertz CT molecular complexity index is 940. The number of carboxylic acid groups (broad SMARTS) is 1. The Morgan fingerprint density at radius 3 is 2.68 bits per heavy atom. The number of pyridine rings is 1. The Balaban J connectivity index is 0.000000279. The van der Waals surface area contributed by atoms with Gasteiger partial charge in [0.2, 0.25) is 0 Å². The van der Waals surface area contributed by atoms with Crippen LogP contribution < -0.4 is 0 Å². The highest BCUT2D eigenvalue weighted by Crippen LogP contribution is 2.27. The molecule has 4 heterocycles. The fraction of sp³-hybridized carbons (Fsp3) is 0.389. The van der Waals surface area contributed by atoms with Crippen LogP contribution in [-0.2, 0) is 4.79 Å². The number of fused-ring (bicyclic) bond motifs is 1. The van der Waals surface area contributed by atoms with E-state index >= 15 is 0 Å². The highest BCUT2D eigenvalue weighted by atomic mass is 32.1. The van der Waals surface area contributed by atoms with Crippen molar-refractivity contribution >= 4 is 23.0 Å². The Hall–Kier alpha value is -2.46. The molecule has 0 radical (unpaired) electrons. The second kappa shape index (κ2) is 8.27. The van der Waals surface area contributed by atoms with Crippen LogP contribution in [0.3, 0.4) is 0 Å². The molecule has 1 aliphatic rings. The van der Waals surface area contributed by atoms with Crippen molar-refractivity contribution in [2.75, 3.05) is 20.1 Å². The van der Waals surface area contributed by atoms with Gasteiger partial charge in [0.15, 0.2) is 11.5 Å². The van der Waals surface area contributed by atoms with Crippen molar-refractivity contribution < 1.29 is 23.1 Å². The number of aliphatic carboxylic acids is 1. The van der Waals surface area contributed by atoms with E-state index in [-0.39, 0.29) is 0 Å². The maximum absolute atomic E-state index is 10.6. The zero-order valence-corrected chi connectivity index (χ0v) is 15.9. The van der Waals surface area contributed by atoms with Crippen LogP contribution in [0.25, 0.3) is 16.1 Å². The number of likely N-dealkylation sites (tertiary alicyclic amines) is 1. The van der Waals surface area contributed by atoms with E-state index in [1.165, 1.54) is 29.8 Å². The molecule has 0 aromatic carbocycles. The smallest absolute Gasteiger partial charge is 0.475 e. The fourth-order valence-corrected chi connectivity index (χ4v) is 3.76. The van der Waals surface area contributed by atoms with Crippen molar-refractivity contribution in [2.45, 2.75) is 24.9 Å². The highest BCUT2D eigenvalue weighted by Gasteiger charge is 2.38. The molecule has 0 saturated carbocycles. The summed E-state index contributed by atoms with van der Waals surface area (Å²) in [5.74, 6) is -1.30. The average Bonchev–Trinajstić information content (AvgIpc) is 3.30. The molecule has 0 bridgehead atoms. The van der Waals surface area contributed by atoms with Crippen molar-refractivity contribution in [1.82, 2.24) is 19.5 Å². The predicted octanol–water partition coefficient (Wildman–Crippen LogP) is 3.90. The summed E-state index contributed by atoms with van der Waals surface area (Å²) in [6.07, 6.45) is -0.569. The van der Waals surface area contributed by atoms with Gasteiger partial charge in [-0.1, -0.05) is 6.07 Å². The van der Waals surface area contributed by atoms with E-state index in [0.717, 1.165) is 18.0 Å². The summed E-state index contributed by atoms with van der Waals surface area (Å²) >= 11 is 1.75. The van der Waals surface area contributed by atoms with Crippen LogP contribution in [0.5, 0.6) is 0 Å². The zero-order chi connectivity index (χ0) is 20.3.